The molecule has 0 saturated heterocycles. The van der Waals surface area contributed by atoms with Gasteiger partial charge in [0.25, 0.3) is 0 Å². The number of aliphatic hydroxyl groups is 2. The van der Waals surface area contributed by atoms with Gasteiger partial charge in [-0.3, -0.25) is 0 Å². The molecule has 1 heterocycles. The maximum Gasteiger partial charge on any atom is 0.338 e. The Kier molecular flexibility index (Phi) is 4.47. The number of carboxylic acid groups (broad SMARTS) is 1. The minimum absolute atomic E-state index is 0.0418. The molecule has 0 amide bonds. The van der Waals surface area contributed by atoms with Crippen LogP contribution in [-0.2, 0) is 0 Å². The van der Waals surface area contributed by atoms with E-state index in [-0.39, 0.29) is 22.9 Å². The van der Waals surface area contributed by atoms with Gasteiger partial charge in [-0.05, 0) is 6.07 Å². The third-order valence-electron chi connectivity index (χ3n) is 1.54. The van der Waals surface area contributed by atoms with E-state index < -0.39 is 12.1 Å². The molecule has 7 heteroatoms. The van der Waals surface area contributed by atoms with Crippen LogP contribution in [0.1, 0.15) is 10.4 Å². The Labute approximate surface area is 90.0 Å². The van der Waals surface area contributed by atoms with E-state index in [9.17, 15) is 4.79 Å². The maximum atomic E-state index is 10.7. The summed E-state index contributed by atoms with van der Waals surface area (Å²) in [5.74, 6) is -0.916. The normalized spacial score (nSPS) is 12.4. The summed E-state index contributed by atoms with van der Waals surface area (Å²) in [6.07, 6.45) is 0.398. The molecule has 1 aromatic rings. The van der Waals surface area contributed by atoms with Gasteiger partial charge in [0.2, 0.25) is 0 Å². The average molecular weight is 230 g/mol. The van der Waals surface area contributed by atoms with E-state index in [1.165, 1.54) is 12.3 Å². The number of nitrogens with zero attached hydrogens (tertiary/aromatic N) is 2. The highest BCUT2D eigenvalue weighted by atomic mass is 32.2. The Hall–Kier alpha value is -1.18. The fourth-order valence-corrected chi connectivity index (χ4v) is 1.69. The number of aromatic nitrogens is 2. The molecule has 0 fully saturated rings. The topological polar surface area (TPSA) is 104 Å². The van der Waals surface area contributed by atoms with Crippen molar-refractivity contribution in [3.05, 3.63) is 17.8 Å². The van der Waals surface area contributed by atoms with Crippen molar-refractivity contribution >= 4 is 17.7 Å². The van der Waals surface area contributed by atoms with Crippen molar-refractivity contribution < 1.29 is 20.1 Å². The third-order valence-corrected chi connectivity index (χ3v) is 2.67. The number of aliphatic hydroxyl groups excluding tert-OH is 2. The lowest BCUT2D eigenvalue weighted by atomic mass is 10.3. The van der Waals surface area contributed by atoms with Crippen LogP contribution >= 0.6 is 11.8 Å². The van der Waals surface area contributed by atoms with Gasteiger partial charge >= 0.3 is 5.97 Å². The zero-order valence-corrected chi connectivity index (χ0v) is 8.52. The van der Waals surface area contributed by atoms with Crippen LogP contribution in [0, 0.1) is 0 Å². The Morgan fingerprint density at radius 3 is 2.93 bits per heavy atom. The second kappa shape index (κ2) is 5.64. The predicted octanol–water partition coefficient (Wildman–Crippen LogP) is -0.380. The van der Waals surface area contributed by atoms with Crippen molar-refractivity contribution in [2.75, 3.05) is 12.4 Å². The Morgan fingerprint density at radius 2 is 2.33 bits per heavy atom. The molecule has 1 atom stereocenters. The van der Waals surface area contributed by atoms with Crippen LogP contribution in [0.5, 0.6) is 0 Å². The minimum atomic E-state index is -1.09. The van der Waals surface area contributed by atoms with E-state index in [2.05, 4.69) is 10.2 Å². The van der Waals surface area contributed by atoms with Crippen molar-refractivity contribution in [2.24, 2.45) is 0 Å². The molecule has 0 aliphatic rings. The number of carboxylic acids is 1. The first-order valence-corrected chi connectivity index (χ1v) is 5.10. The predicted molar refractivity (Wildman–Crippen MR) is 52.8 cm³/mol. The fourth-order valence-electron chi connectivity index (χ4n) is 0.816. The van der Waals surface area contributed by atoms with Crippen LogP contribution in [0.4, 0.5) is 0 Å². The lowest BCUT2D eigenvalue weighted by molar-refractivity contribution is 0.0691. The summed E-state index contributed by atoms with van der Waals surface area (Å²) < 4.78 is 0. The molecule has 1 unspecified atom stereocenters. The van der Waals surface area contributed by atoms with Crippen LogP contribution in [0.2, 0.25) is 0 Å². The average Bonchev–Trinajstić information content (AvgIpc) is 2.26. The van der Waals surface area contributed by atoms with Crippen LogP contribution in [0.3, 0.4) is 0 Å². The quantitative estimate of drug-likeness (QED) is 0.592. The fraction of sp³-hybridized carbons (Fsp3) is 0.375. The first kappa shape index (κ1) is 11.9. The number of carbonyl (C=O) groups is 1. The number of hydrogen-bond donors (Lipinski definition) is 3. The van der Waals surface area contributed by atoms with E-state index in [1.54, 1.807) is 0 Å². The van der Waals surface area contributed by atoms with Gasteiger partial charge in [-0.15, -0.1) is 16.9 Å². The molecule has 3 N–H and O–H groups in total. The van der Waals surface area contributed by atoms with Crippen LogP contribution < -0.4 is 0 Å². The van der Waals surface area contributed by atoms with Gasteiger partial charge in [0.15, 0.2) is 0 Å². The van der Waals surface area contributed by atoms with Crippen LogP contribution in [0.15, 0.2) is 17.3 Å². The van der Waals surface area contributed by atoms with Crippen molar-refractivity contribution in [3.63, 3.8) is 0 Å². The first-order valence-electron chi connectivity index (χ1n) is 4.12. The smallest absolute Gasteiger partial charge is 0.338 e. The van der Waals surface area contributed by atoms with E-state index in [4.69, 9.17) is 15.3 Å². The summed E-state index contributed by atoms with van der Waals surface area (Å²) in [6, 6.07) is 1.34. The van der Waals surface area contributed by atoms with Crippen molar-refractivity contribution in [2.45, 2.75) is 11.1 Å². The third kappa shape index (κ3) is 3.46. The second-order valence-corrected chi connectivity index (χ2v) is 3.71. The van der Waals surface area contributed by atoms with E-state index in [0.29, 0.717) is 0 Å². The second-order valence-electron chi connectivity index (χ2n) is 2.70. The molecule has 0 aliphatic carbocycles. The van der Waals surface area contributed by atoms with E-state index in [1.807, 2.05) is 0 Å². The molecule has 6 nitrogen and oxygen atoms in total. The molecule has 0 radical (unpaired) electrons. The zero-order valence-electron chi connectivity index (χ0n) is 7.70. The monoisotopic (exact) mass is 230 g/mol. The highest BCUT2D eigenvalue weighted by molar-refractivity contribution is 7.99. The Bertz CT molecular complexity index is 347. The molecule has 1 rings (SSSR count). The summed E-state index contributed by atoms with van der Waals surface area (Å²) in [6.45, 7) is -0.365. The van der Waals surface area contributed by atoms with Crippen LogP contribution in [-0.4, -0.2) is 49.9 Å². The molecule has 0 aromatic carbocycles. The molecule has 0 spiro atoms. The van der Waals surface area contributed by atoms with Crippen molar-refractivity contribution in [1.82, 2.24) is 10.2 Å². The van der Waals surface area contributed by atoms with Gasteiger partial charge < -0.3 is 15.3 Å². The Balaban J connectivity index is 2.72. The molecule has 0 saturated carbocycles. The molecule has 82 valence electrons. The molecule has 0 bridgehead atoms. The van der Waals surface area contributed by atoms with Gasteiger partial charge in [0.1, 0.15) is 5.03 Å². The highest BCUT2D eigenvalue weighted by Crippen LogP contribution is 2.19. The largest absolute Gasteiger partial charge is 0.478 e. The number of aromatic carboxylic acids is 1. The standard InChI is InChI=1S/C8H10N2O4S/c11-3-5(12)4-15-7-6(8(13)14)1-2-9-10-7/h1-2,5,11-12H,3-4H2,(H,13,14). The van der Waals surface area contributed by atoms with Gasteiger partial charge in [0, 0.05) is 5.75 Å². The first-order chi connectivity index (χ1) is 7.15. The summed E-state index contributed by atoms with van der Waals surface area (Å²) in [5.41, 5.74) is 0.0418. The van der Waals surface area contributed by atoms with Gasteiger partial charge in [-0.1, -0.05) is 0 Å². The van der Waals surface area contributed by atoms with Crippen LogP contribution in [0.25, 0.3) is 0 Å². The number of rotatable bonds is 5. The van der Waals surface area contributed by atoms with Gasteiger partial charge in [0.05, 0.1) is 24.5 Å². The van der Waals surface area contributed by atoms with Gasteiger partial charge in [-0.2, -0.15) is 5.10 Å². The maximum absolute atomic E-state index is 10.7. The number of hydrogen-bond acceptors (Lipinski definition) is 6. The van der Waals surface area contributed by atoms with Gasteiger partial charge in [-0.25, -0.2) is 4.79 Å². The zero-order chi connectivity index (χ0) is 11.3. The SMILES string of the molecule is O=C(O)c1ccnnc1SCC(O)CO. The summed E-state index contributed by atoms with van der Waals surface area (Å²) >= 11 is 1.04. The molecular formula is C8H10N2O4S. The van der Waals surface area contributed by atoms with E-state index >= 15 is 0 Å². The highest BCUT2D eigenvalue weighted by Gasteiger charge is 2.13. The number of thioether (sulfide) groups is 1. The summed E-state index contributed by atoms with van der Waals surface area (Å²) in [7, 11) is 0. The molecule has 1 aromatic heterocycles. The lowest BCUT2D eigenvalue weighted by Crippen LogP contribution is -2.15. The van der Waals surface area contributed by atoms with E-state index in [0.717, 1.165) is 11.8 Å². The molecule has 0 aliphatic heterocycles. The molecular weight excluding hydrogens is 220 g/mol. The minimum Gasteiger partial charge on any atom is -0.478 e. The Morgan fingerprint density at radius 1 is 1.60 bits per heavy atom. The summed E-state index contributed by atoms with van der Waals surface area (Å²) in [4.78, 5) is 10.7. The lowest BCUT2D eigenvalue weighted by Gasteiger charge is -2.06. The summed E-state index contributed by atoms with van der Waals surface area (Å²) in [5, 5.41) is 33.9. The molecule has 15 heavy (non-hydrogen) atoms. The van der Waals surface area contributed by atoms with Crippen molar-refractivity contribution in [3.8, 4) is 0 Å². The van der Waals surface area contributed by atoms with Crippen molar-refractivity contribution in [1.29, 1.82) is 0 Å².